The van der Waals surface area contributed by atoms with Gasteiger partial charge in [0.15, 0.2) is 0 Å². The molecular weight excluding hydrogens is 236 g/mol. The molecular formula is C17H24O2. The Morgan fingerprint density at radius 3 is 2.42 bits per heavy atom. The van der Waals surface area contributed by atoms with Gasteiger partial charge in [0.1, 0.15) is 0 Å². The van der Waals surface area contributed by atoms with Crippen molar-refractivity contribution in [1.82, 2.24) is 0 Å². The maximum absolute atomic E-state index is 11.7. The van der Waals surface area contributed by atoms with Crippen LogP contribution in [0.25, 0.3) is 0 Å². The maximum atomic E-state index is 11.7. The van der Waals surface area contributed by atoms with Crippen molar-refractivity contribution in [2.45, 2.75) is 63.7 Å². The Morgan fingerprint density at radius 2 is 1.89 bits per heavy atom. The number of benzene rings is 1. The van der Waals surface area contributed by atoms with Gasteiger partial charge in [0.25, 0.3) is 0 Å². The molecule has 2 heteroatoms. The summed E-state index contributed by atoms with van der Waals surface area (Å²) < 4.78 is 0. The fraction of sp³-hybridized carbons (Fsp3) is 0.588. The summed E-state index contributed by atoms with van der Waals surface area (Å²) in [7, 11) is 0. The van der Waals surface area contributed by atoms with Crippen molar-refractivity contribution in [3.05, 3.63) is 35.4 Å². The molecule has 0 amide bonds. The van der Waals surface area contributed by atoms with Gasteiger partial charge in [0, 0.05) is 0 Å². The first-order valence-corrected chi connectivity index (χ1v) is 7.48. The molecule has 2 rings (SSSR count). The summed E-state index contributed by atoms with van der Waals surface area (Å²) in [6, 6.07) is 8.33. The molecule has 0 aliphatic heterocycles. The van der Waals surface area contributed by atoms with Gasteiger partial charge in [0.05, 0.1) is 5.41 Å². The highest BCUT2D eigenvalue weighted by Crippen LogP contribution is 2.42. The second-order valence-electron chi connectivity index (χ2n) is 5.73. The zero-order chi connectivity index (χ0) is 13.9. The normalized spacial score (nSPS) is 17.8. The van der Waals surface area contributed by atoms with E-state index in [4.69, 9.17) is 0 Å². The Bertz CT molecular complexity index is 440. The first-order chi connectivity index (χ1) is 9.14. The molecule has 0 heterocycles. The second-order valence-corrected chi connectivity index (χ2v) is 5.73. The van der Waals surface area contributed by atoms with Crippen LogP contribution in [0.2, 0.25) is 0 Å². The van der Waals surface area contributed by atoms with Crippen LogP contribution in [-0.4, -0.2) is 11.1 Å². The second kappa shape index (κ2) is 5.77. The predicted molar refractivity (Wildman–Crippen MR) is 77.5 cm³/mol. The summed E-state index contributed by atoms with van der Waals surface area (Å²) in [5.41, 5.74) is 1.69. The van der Waals surface area contributed by atoms with Crippen molar-refractivity contribution in [2.24, 2.45) is 0 Å². The highest BCUT2D eigenvalue weighted by Gasteiger charge is 2.42. The largest absolute Gasteiger partial charge is 0.481 e. The van der Waals surface area contributed by atoms with Gasteiger partial charge in [-0.25, -0.2) is 0 Å². The molecule has 1 aromatic carbocycles. The van der Waals surface area contributed by atoms with E-state index in [-0.39, 0.29) is 0 Å². The maximum Gasteiger partial charge on any atom is 0.314 e. The molecule has 1 N–H and O–H groups in total. The number of rotatable bonds is 5. The van der Waals surface area contributed by atoms with Crippen LogP contribution in [0.4, 0.5) is 0 Å². The van der Waals surface area contributed by atoms with E-state index in [1.54, 1.807) is 0 Å². The van der Waals surface area contributed by atoms with Gasteiger partial charge < -0.3 is 5.11 Å². The molecule has 0 atom stereocenters. The third-order valence-electron chi connectivity index (χ3n) is 4.76. The smallest absolute Gasteiger partial charge is 0.314 e. The number of hydrogen-bond donors (Lipinski definition) is 1. The highest BCUT2D eigenvalue weighted by molar-refractivity contribution is 5.81. The molecule has 1 aliphatic rings. The van der Waals surface area contributed by atoms with Gasteiger partial charge in [-0.05, 0) is 42.7 Å². The van der Waals surface area contributed by atoms with Crippen molar-refractivity contribution in [2.75, 3.05) is 0 Å². The number of carbonyl (C=O) groups is 1. The lowest BCUT2D eigenvalue weighted by Gasteiger charge is -2.26. The zero-order valence-electron chi connectivity index (χ0n) is 12.0. The molecule has 2 nitrogen and oxygen atoms in total. The minimum atomic E-state index is -0.647. The Balaban J connectivity index is 2.39. The summed E-state index contributed by atoms with van der Waals surface area (Å²) >= 11 is 0. The molecule has 19 heavy (non-hydrogen) atoms. The van der Waals surface area contributed by atoms with E-state index in [0.29, 0.717) is 5.92 Å². The third kappa shape index (κ3) is 2.54. The summed E-state index contributed by atoms with van der Waals surface area (Å²) in [5.74, 6) is -0.0982. The van der Waals surface area contributed by atoms with E-state index in [9.17, 15) is 9.90 Å². The topological polar surface area (TPSA) is 37.3 Å². The van der Waals surface area contributed by atoms with Crippen molar-refractivity contribution in [1.29, 1.82) is 0 Å². The molecule has 1 saturated carbocycles. The SMILES string of the molecule is CCC(CC)c1cccc(C2(C(=O)O)CCCC2)c1. The summed E-state index contributed by atoms with van der Waals surface area (Å²) in [4.78, 5) is 11.7. The summed E-state index contributed by atoms with van der Waals surface area (Å²) in [5, 5.41) is 9.66. The number of aliphatic carboxylic acids is 1. The van der Waals surface area contributed by atoms with Crippen LogP contribution >= 0.6 is 0 Å². The van der Waals surface area contributed by atoms with E-state index in [0.717, 1.165) is 44.1 Å². The molecule has 104 valence electrons. The van der Waals surface area contributed by atoms with Gasteiger partial charge in [-0.15, -0.1) is 0 Å². The van der Waals surface area contributed by atoms with Crippen LogP contribution in [0.15, 0.2) is 24.3 Å². The molecule has 1 aliphatic carbocycles. The van der Waals surface area contributed by atoms with Crippen molar-refractivity contribution in [3.8, 4) is 0 Å². The number of carboxylic acid groups (broad SMARTS) is 1. The molecule has 0 saturated heterocycles. The lowest BCUT2D eigenvalue weighted by Crippen LogP contribution is -2.32. The molecule has 1 fully saturated rings. The monoisotopic (exact) mass is 260 g/mol. The number of carboxylic acids is 1. The molecule has 1 aromatic rings. The summed E-state index contributed by atoms with van der Waals surface area (Å²) in [6.45, 7) is 4.40. The molecule has 0 unspecified atom stereocenters. The first-order valence-electron chi connectivity index (χ1n) is 7.48. The van der Waals surface area contributed by atoms with Gasteiger partial charge >= 0.3 is 5.97 Å². The van der Waals surface area contributed by atoms with E-state index < -0.39 is 11.4 Å². The van der Waals surface area contributed by atoms with Gasteiger partial charge in [0.2, 0.25) is 0 Å². The average Bonchev–Trinajstić information content (AvgIpc) is 2.91. The zero-order valence-corrected chi connectivity index (χ0v) is 12.0. The van der Waals surface area contributed by atoms with Gasteiger partial charge in [-0.1, -0.05) is 51.0 Å². The van der Waals surface area contributed by atoms with E-state index >= 15 is 0 Å². The average molecular weight is 260 g/mol. The van der Waals surface area contributed by atoms with Crippen LogP contribution in [0, 0.1) is 0 Å². The number of hydrogen-bond acceptors (Lipinski definition) is 1. The van der Waals surface area contributed by atoms with Gasteiger partial charge in [-0.2, -0.15) is 0 Å². The Labute approximate surface area is 115 Å². The molecule has 0 radical (unpaired) electrons. The first kappa shape index (κ1) is 14.1. The molecule has 0 bridgehead atoms. The van der Waals surface area contributed by atoms with E-state index in [1.807, 2.05) is 12.1 Å². The van der Waals surface area contributed by atoms with Crippen molar-refractivity contribution in [3.63, 3.8) is 0 Å². The molecule has 0 spiro atoms. The Kier molecular flexibility index (Phi) is 4.28. The fourth-order valence-corrected chi connectivity index (χ4v) is 3.45. The van der Waals surface area contributed by atoms with Gasteiger partial charge in [-0.3, -0.25) is 4.79 Å². The van der Waals surface area contributed by atoms with Crippen LogP contribution in [0.5, 0.6) is 0 Å². The van der Waals surface area contributed by atoms with Crippen molar-refractivity contribution < 1.29 is 9.90 Å². The lowest BCUT2D eigenvalue weighted by molar-refractivity contribution is -0.143. The van der Waals surface area contributed by atoms with Crippen LogP contribution < -0.4 is 0 Å². The van der Waals surface area contributed by atoms with Crippen LogP contribution in [-0.2, 0) is 10.2 Å². The van der Waals surface area contributed by atoms with E-state index in [1.165, 1.54) is 5.56 Å². The minimum absolute atomic E-state index is 0.548. The van der Waals surface area contributed by atoms with Crippen LogP contribution in [0.1, 0.15) is 69.4 Å². The minimum Gasteiger partial charge on any atom is -0.481 e. The lowest BCUT2D eigenvalue weighted by atomic mass is 9.77. The molecule has 0 aromatic heterocycles. The predicted octanol–water partition coefficient (Wildman–Crippen LogP) is 4.49. The fourth-order valence-electron chi connectivity index (χ4n) is 3.45. The Morgan fingerprint density at radius 1 is 1.26 bits per heavy atom. The van der Waals surface area contributed by atoms with Crippen molar-refractivity contribution >= 4 is 5.97 Å². The Hall–Kier alpha value is -1.31. The van der Waals surface area contributed by atoms with E-state index in [2.05, 4.69) is 26.0 Å². The standard InChI is InChI=1S/C17H24O2/c1-3-13(4-2)14-8-7-9-15(12-14)17(16(18)19)10-5-6-11-17/h7-9,12-13H,3-6,10-11H2,1-2H3,(H,18,19). The quantitative estimate of drug-likeness (QED) is 0.847. The van der Waals surface area contributed by atoms with Crippen LogP contribution in [0.3, 0.4) is 0 Å². The highest BCUT2D eigenvalue weighted by atomic mass is 16.4. The summed E-state index contributed by atoms with van der Waals surface area (Å²) in [6.07, 6.45) is 5.85. The third-order valence-corrected chi connectivity index (χ3v) is 4.76.